The summed E-state index contributed by atoms with van der Waals surface area (Å²) in [6.45, 7) is 8.50. The molecule has 0 heterocycles. The van der Waals surface area contributed by atoms with E-state index < -0.39 is 0 Å². The van der Waals surface area contributed by atoms with Crippen molar-refractivity contribution in [2.75, 3.05) is 0 Å². The van der Waals surface area contributed by atoms with Gasteiger partial charge in [0.2, 0.25) is 0 Å². The molecule has 0 unspecified atom stereocenters. The highest BCUT2D eigenvalue weighted by molar-refractivity contribution is 5.37. The van der Waals surface area contributed by atoms with Crippen molar-refractivity contribution >= 4 is 0 Å². The van der Waals surface area contributed by atoms with E-state index >= 15 is 0 Å². The first-order valence-electron chi connectivity index (χ1n) is 5.63. The molecule has 0 saturated carbocycles. The highest BCUT2D eigenvalue weighted by Gasteiger charge is 2.08. The normalized spacial score (nSPS) is 10.8. The molecule has 2 rings (SSSR count). The Kier molecular flexibility index (Phi) is 3.09. The predicted octanol–water partition coefficient (Wildman–Crippen LogP) is 4.27. The third-order valence-corrected chi connectivity index (χ3v) is 2.89. The fourth-order valence-corrected chi connectivity index (χ4v) is 1.97. The Morgan fingerprint density at radius 3 is 1.62 bits per heavy atom. The Balaban J connectivity index is 2.35. The Labute approximate surface area is 97.9 Å². The average molecular weight is 209 g/mol. The molecule has 0 aliphatic rings. The summed E-state index contributed by atoms with van der Waals surface area (Å²) >= 11 is 0. The van der Waals surface area contributed by atoms with E-state index in [2.05, 4.69) is 69.3 Å². The van der Waals surface area contributed by atoms with E-state index in [1.165, 1.54) is 22.3 Å². The minimum atomic E-state index is 0.222. The van der Waals surface area contributed by atoms with E-state index in [-0.39, 0.29) is 5.92 Å². The van der Waals surface area contributed by atoms with Crippen LogP contribution >= 0.6 is 0 Å². The lowest BCUT2D eigenvalue weighted by atomic mass is 9.91. The van der Waals surface area contributed by atoms with Crippen LogP contribution in [0.3, 0.4) is 0 Å². The summed E-state index contributed by atoms with van der Waals surface area (Å²) in [6, 6.07) is 17.1. The smallest absolute Gasteiger partial charge is 0.00898 e. The van der Waals surface area contributed by atoms with E-state index in [4.69, 9.17) is 0 Å². The van der Waals surface area contributed by atoms with Crippen LogP contribution in [0.15, 0.2) is 48.5 Å². The second-order valence-corrected chi connectivity index (χ2v) is 4.38. The summed E-state index contributed by atoms with van der Waals surface area (Å²) in [5.41, 5.74) is 5.15. The molecule has 0 N–H and O–H groups in total. The van der Waals surface area contributed by atoms with Crippen molar-refractivity contribution in [2.45, 2.75) is 19.8 Å². The number of hydrogen-bond acceptors (Lipinski definition) is 0. The molecule has 0 heteroatoms. The first-order chi connectivity index (χ1) is 7.66. The topological polar surface area (TPSA) is 0 Å². The minimum Gasteiger partial charge on any atom is -0.0617 e. The highest BCUT2D eigenvalue weighted by atomic mass is 14.1. The maximum atomic E-state index is 4.26. The van der Waals surface area contributed by atoms with E-state index in [0.29, 0.717) is 0 Å². The van der Waals surface area contributed by atoms with Crippen molar-refractivity contribution in [3.63, 3.8) is 0 Å². The van der Waals surface area contributed by atoms with E-state index in [1.807, 2.05) is 0 Å². The van der Waals surface area contributed by atoms with Gasteiger partial charge >= 0.3 is 0 Å². The number of benzene rings is 2. The molecule has 0 nitrogen and oxygen atoms in total. The summed E-state index contributed by atoms with van der Waals surface area (Å²) in [6.07, 6.45) is 0. The Bertz CT molecular complexity index is 437. The van der Waals surface area contributed by atoms with Crippen molar-refractivity contribution in [3.05, 3.63) is 77.7 Å². The fraction of sp³-hybridized carbons (Fsp3) is 0.188. The van der Waals surface area contributed by atoms with Gasteiger partial charge < -0.3 is 0 Å². The molecule has 0 amide bonds. The molecular formula is C16H17. The molecular weight excluding hydrogens is 192 g/mol. The van der Waals surface area contributed by atoms with Gasteiger partial charge in [-0.05, 0) is 31.9 Å². The summed E-state index contributed by atoms with van der Waals surface area (Å²) < 4.78 is 0. The summed E-state index contributed by atoms with van der Waals surface area (Å²) in [5, 5.41) is 0. The van der Waals surface area contributed by atoms with Crippen LogP contribution in [-0.4, -0.2) is 0 Å². The van der Waals surface area contributed by atoms with Crippen LogP contribution in [-0.2, 0) is 0 Å². The van der Waals surface area contributed by atoms with Crippen LogP contribution in [0.4, 0.5) is 0 Å². The van der Waals surface area contributed by atoms with Crippen LogP contribution in [0.2, 0.25) is 0 Å². The molecule has 0 aromatic heterocycles. The monoisotopic (exact) mass is 209 g/mol. The second-order valence-electron chi connectivity index (χ2n) is 4.38. The molecule has 16 heavy (non-hydrogen) atoms. The Morgan fingerprint density at radius 2 is 1.25 bits per heavy atom. The SMILES string of the molecule is [CH2]C(c1cccc(C)c1)c1cccc(C)c1. The number of rotatable bonds is 2. The molecule has 81 valence electrons. The second kappa shape index (κ2) is 4.52. The lowest BCUT2D eigenvalue weighted by molar-refractivity contribution is 1.01. The molecule has 0 bridgehead atoms. The maximum absolute atomic E-state index is 4.26. The first kappa shape index (κ1) is 10.9. The molecule has 0 aliphatic carbocycles. The molecule has 1 radical (unpaired) electrons. The third kappa shape index (κ3) is 2.33. The van der Waals surface area contributed by atoms with Gasteiger partial charge in [-0.15, -0.1) is 0 Å². The third-order valence-electron chi connectivity index (χ3n) is 2.89. The van der Waals surface area contributed by atoms with Crippen molar-refractivity contribution < 1.29 is 0 Å². The predicted molar refractivity (Wildman–Crippen MR) is 69.6 cm³/mol. The summed E-state index contributed by atoms with van der Waals surface area (Å²) in [5.74, 6) is 0.222. The highest BCUT2D eigenvalue weighted by Crippen LogP contribution is 2.24. The van der Waals surface area contributed by atoms with Gasteiger partial charge in [-0.1, -0.05) is 59.7 Å². The molecule has 2 aromatic rings. The van der Waals surface area contributed by atoms with E-state index in [0.717, 1.165) is 0 Å². The zero-order valence-corrected chi connectivity index (χ0v) is 9.90. The van der Waals surface area contributed by atoms with E-state index in [9.17, 15) is 0 Å². The minimum absolute atomic E-state index is 0.222. The van der Waals surface area contributed by atoms with Crippen LogP contribution in [0.1, 0.15) is 28.2 Å². The van der Waals surface area contributed by atoms with Gasteiger partial charge in [0.1, 0.15) is 0 Å². The zero-order chi connectivity index (χ0) is 11.5. The fourth-order valence-electron chi connectivity index (χ4n) is 1.97. The van der Waals surface area contributed by atoms with Gasteiger partial charge in [0.15, 0.2) is 0 Å². The molecule has 0 atom stereocenters. The number of hydrogen-bond donors (Lipinski definition) is 0. The Hall–Kier alpha value is -1.56. The van der Waals surface area contributed by atoms with Gasteiger partial charge in [-0.25, -0.2) is 0 Å². The van der Waals surface area contributed by atoms with Gasteiger partial charge in [-0.3, -0.25) is 0 Å². The first-order valence-corrected chi connectivity index (χ1v) is 5.63. The van der Waals surface area contributed by atoms with Gasteiger partial charge in [0.25, 0.3) is 0 Å². The zero-order valence-electron chi connectivity index (χ0n) is 9.90. The van der Waals surface area contributed by atoms with Crippen LogP contribution in [0.5, 0.6) is 0 Å². The lowest BCUT2D eigenvalue weighted by Gasteiger charge is -2.13. The van der Waals surface area contributed by atoms with Crippen LogP contribution < -0.4 is 0 Å². The van der Waals surface area contributed by atoms with Crippen molar-refractivity contribution in [3.8, 4) is 0 Å². The number of aryl methyl sites for hydroxylation is 2. The van der Waals surface area contributed by atoms with Gasteiger partial charge in [0, 0.05) is 5.92 Å². The average Bonchev–Trinajstić information content (AvgIpc) is 2.28. The maximum Gasteiger partial charge on any atom is 0.00898 e. The van der Waals surface area contributed by atoms with Crippen LogP contribution in [0, 0.1) is 20.8 Å². The van der Waals surface area contributed by atoms with Gasteiger partial charge in [0.05, 0.1) is 0 Å². The van der Waals surface area contributed by atoms with Crippen molar-refractivity contribution in [2.24, 2.45) is 0 Å². The van der Waals surface area contributed by atoms with Gasteiger partial charge in [-0.2, -0.15) is 0 Å². The largest absolute Gasteiger partial charge is 0.0617 e. The molecule has 2 aromatic carbocycles. The quantitative estimate of drug-likeness (QED) is 0.693. The summed E-state index contributed by atoms with van der Waals surface area (Å²) in [4.78, 5) is 0. The van der Waals surface area contributed by atoms with Crippen molar-refractivity contribution in [1.82, 2.24) is 0 Å². The summed E-state index contributed by atoms with van der Waals surface area (Å²) in [7, 11) is 0. The molecule has 0 fully saturated rings. The molecule has 0 spiro atoms. The van der Waals surface area contributed by atoms with Crippen LogP contribution in [0.25, 0.3) is 0 Å². The standard InChI is InChI=1S/C16H17/c1-12-6-4-8-15(10-12)14(3)16-9-5-7-13(2)11-16/h4-11,14H,3H2,1-2H3. The lowest BCUT2D eigenvalue weighted by Crippen LogP contribution is -1.96. The molecule has 0 aliphatic heterocycles. The Morgan fingerprint density at radius 1 is 0.812 bits per heavy atom. The van der Waals surface area contributed by atoms with Crippen molar-refractivity contribution in [1.29, 1.82) is 0 Å². The molecule has 0 saturated heterocycles. The van der Waals surface area contributed by atoms with E-state index in [1.54, 1.807) is 0 Å².